The van der Waals surface area contributed by atoms with Crippen LogP contribution in [0.5, 0.6) is 5.75 Å². The fourth-order valence-corrected chi connectivity index (χ4v) is 4.37. The van der Waals surface area contributed by atoms with E-state index in [1.54, 1.807) is 0 Å². The van der Waals surface area contributed by atoms with Crippen LogP contribution in [-0.2, 0) is 11.2 Å². The highest BCUT2D eigenvalue weighted by Gasteiger charge is 2.42. The molecule has 1 fully saturated rings. The average molecular weight is 407 g/mol. The second-order valence-electron chi connectivity index (χ2n) is 8.21. The van der Waals surface area contributed by atoms with Crippen molar-refractivity contribution in [1.29, 1.82) is 0 Å². The Bertz CT molecular complexity index is 1020. The van der Waals surface area contributed by atoms with Gasteiger partial charge in [0.1, 0.15) is 29.8 Å². The molecular formula is C23H25N3O4. The second kappa shape index (κ2) is 6.93. The number of nitrogens with two attached hydrogens (primary N) is 1. The standard InChI is InChI=1S/C23H25N3O4/c1-13-25(2)18-12-17(22(27)29-15-8-9-15)16-10-11-19(14-6-4-3-5-7-14)30-21(16)20(18)26(13)23(24)28/h3-7,12-13,15,19H,8-11H2,1-2H3,(H2,24,28). The van der Waals surface area contributed by atoms with Crippen LogP contribution in [0.15, 0.2) is 36.4 Å². The molecule has 1 aliphatic carbocycles. The zero-order valence-corrected chi connectivity index (χ0v) is 17.1. The van der Waals surface area contributed by atoms with E-state index in [2.05, 4.69) is 0 Å². The Morgan fingerprint density at radius 1 is 1.17 bits per heavy atom. The van der Waals surface area contributed by atoms with Crippen LogP contribution in [0.25, 0.3) is 0 Å². The van der Waals surface area contributed by atoms with E-state index in [1.807, 2.05) is 55.3 Å². The van der Waals surface area contributed by atoms with E-state index in [1.165, 1.54) is 4.90 Å². The number of amides is 2. The van der Waals surface area contributed by atoms with Crippen LogP contribution in [0.1, 0.15) is 53.8 Å². The zero-order valence-electron chi connectivity index (χ0n) is 17.1. The Hall–Kier alpha value is -3.22. The predicted molar refractivity (Wildman–Crippen MR) is 113 cm³/mol. The maximum absolute atomic E-state index is 12.9. The van der Waals surface area contributed by atoms with Gasteiger partial charge < -0.3 is 20.1 Å². The summed E-state index contributed by atoms with van der Waals surface area (Å²) in [5.41, 5.74) is 9.49. The molecule has 1 saturated carbocycles. The summed E-state index contributed by atoms with van der Waals surface area (Å²) in [5, 5.41) is 0. The molecule has 30 heavy (non-hydrogen) atoms. The molecule has 0 saturated heterocycles. The largest absolute Gasteiger partial charge is 0.483 e. The molecule has 2 aliphatic heterocycles. The summed E-state index contributed by atoms with van der Waals surface area (Å²) in [4.78, 5) is 28.7. The molecule has 2 aromatic carbocycles. The molecule has 5 rings (SSSR count). The number of urea groups is 1. The fraction of sp³-hybridized carbons (Fsp3) is 0.391. The van der Waals surface area contributed by atoms with Gasteiger partial charge in [-0.2, -0.15) is 0 Å². The number of nitrogens with zero attached hydrogens (tertiary/aromatic N) is 2. The highest BCUT2D eigenvalue weighted by atomic mass is 16.5. The Morgan fingerprint density at radius 3 is 2.57 bits per heavy atom. The van der Waals surface area contributed by atoms with Crippen LogP contribution in [0, 0.1) is 0 Å². The number of anilines is 2. The topological polar surface area (TPSA) is 85.1 Å². The highest BCUT2D eigenvalue weighted by Crippen LogP contribution is 2.52. The van der Waals surface area contributed by atoms with Crippen molar-refractivity contribution in [1.82, 2.24) is 0 Å². The first-order valence-electron chi connectivity index (χ1n) is 10.4. The van der Waals surface area contributed by atoms with Gasteiger partial charge in [0.2, 0.25) is 0 Å². The number of esters is 1. The maximum atomic E-state index is 12.9. The molecule has 7 nitrogen and oxygen atoms in total. The van der Waals surface area contributed by atoms with Gasteiger partial charge in [0.05, 0.1) is 11.3 Å². The van der Waals surface area contributed by atoms with Crippen molar-refractivity contribution in [2.75, 3.05) is 16.8 Å². The van der Waals surface area contributed by atoms with Crippen LogP contribution < -0.4 is 20.3 Å². The molecule has 0 radical (unpaired) electrons. The Labute approximate surface area is 175 Å². The van der Waals surface area contributed by atoms with Gasteiger partial charge in [-0.15, -0.1) is 0 Å². The average Bonchev–Trinajstić information content (AvgIpc) is 3.52. The molecule has 0 aromatic heterocycles. The van der Waals surface area contributed by atoms with Crippen molar-refractivity contribution in [3.05, 3.63) is 53.1 Å². The van der Waals surface area contributed by atoms with Crippen LogP contribution in [0.3, 0.4) is 0 Å². The van der Waals surface area contributed by atoms with Crippen molar-refractivity contribution in [3.8, 4) is 5.75 Å². The summed E-state index contributed by atoms with van der Waals surface area (Å²) >= 11 is 0. The minimum Gasteiger partial charge on any atom is -0.483 e. The van der Waals surface area contributed by atoms with Crippen molar-refractivity contribution in [3.63, 3.8) is 0 Å². The van der Waals surface area contributed by atoms with E-state index in [9.17, 15) is 9.59 Å². The third kappa shape index (κ3) is 2.96. The smallest absolute Gasteiger partial charge is 0.338 e. The summed E-state index contributed by atoms with van der Waals surface area (Å²) < 4.78 is 12.1. The van der Waals surface area contributed by atoms with Crippen molar-refractivity contribution in [2.24, 2.45) is 5.73 Å². The van der Waals surface area contributed by atoms with E-state index in [0.717, 1.165) is 36.1 Å². The maximum Gasteiger partial charge on any atom is 0.338 e. The summed E-state index contributed by atoms with van der Waals surface area (Å²) in [6.45, 7) is 1.90. The third-order valence-corrected chi connectivity index (χ3v) is 6.24. The molecule has 0 spiro atoms. The molecule has 0 bridgehead atoms. The van der Waals surface area contributed by atoms with Gasteiger partial charge in [0.25, 0.3) is 0 Å². The first kappa shape index (κ1) is 18.8. The molecule has 2 amide bonds. The lowest BCUT2D eigenvalue weighted by molar-refractivity contribution is 0.0468. The summed E-state index contributed by atoms with van der Waals surface area (Å²) in [5.74, 6) is 0.238. The number of hydrogen-bond donors (Lipinski definition) is 1. The molecule has 2 unspecified atom stereocenters. The van der Waals surface area contributed by atoms with Crippen molar-refractivity contribution in [2.45, 2.75) is 51.0 Å². The van der Waals surface area contributed by atoms with E-state index in [-0.39, 0.29) is 24.3 Å². The number of carbonyl (C=O) groups excluding carboxylic acids is 2. The third-order valence-electron chi connectivity index (χ3n) is 6.24. The Balaban J connectivity index is 1.64. The van der Waals surface area contributed by atoms with Gasteiger partial charge in [-0.05, 0) is 44.2 Å². The van der Waals surface area contributed by atoms with Gasteiger partial charge in [-0.25, -0.2) is 9.59 Å². The lowest BCUT2D eigenvalue weighted by Crippen LogP contribution is -2.45. The van der Waals surface area contributed by atoms with E-state index in [4.69, 9.17) is 15.2 Å². The van der Waals surface area contributed by atoms with E-state index < -0.39 is 6.03 Å². The second-order valence-corrected chi connectivity index (χ2v) is 8.21. The molecule has 2 heterocycles. The number of rotatable bonds is 3. The normalized spacial score (nSPS) is 22.2. The van der Waals surface area contributed by atoms with Crippen LogP contribution in [0.2, 0.25) is 0 Å². The molecule has 3 aliphatic rings. The molecule has 2 atom stereocenters. The molecule has 7 heteroatoms. The van der Waals surface area contributed by atoms with Gasteiger partial charge in [-0.3, -0.25) is 4.90 Å². The fourth-order valence-electron chi connectivity index (χ4n) is 4.37. The van der Waals surface area contributed by atoms with Gasteiger partial charge in [0, 0.05) is 12.6 Å². The highest BCUT2D eigenvalue weighted by molar-refractivity contribution is 6.05. The Kier molecular flexibility index (Phi) is 4.34. The lowest BCUT2D eigenvalue weighted by atomic mass is 9.92. The molecular weight excluding hydrogens is 382 g/mol. The first-order valence-corrected chi connectivity index (χ1v) is 10.4. The van der Waals surface area contributed by atoms with Crippen LogP contribution in [-0.4, -0.2) is 31.3 Å². The summed E-state index contributed by atoms with van der Waals surface area (Å²) in [6, 6.07) is 11.3. The SMILES string of the molecule is CC1N(C)c2cc(C(=O)OC3CC3)c3c(c2N1C(N)=O)OC(c1ccccc1)CC3. The number of hydrogen-bond acceptors (Lipinski definition) is 5. The summed E-state index contributed by atoms with van der Waals surface area (Å²) in [7, 11) is 1.88. The predicted octanol–water partition coefficient (Wildman–Crippen LogP) is 3.75. The minimum absolute atomic E-state index is 0.0155. The number of ether oxygens (including phenoxy) is 2. The first-order chi connectivity index (χ1) is 14.5. The van der Waals surface area contributed by atoms with Gasteiger partial charge in [-0.1, -0.05) is 30.3 Å². The molecule has 156 valence electrons. The monoisotopic (exact) mass is 407 g/mol. The molecule has 2 aromatic rings. The van der Waals surface area contributed by atoms with E-state index in [0.29, 0.717) is 23.4 Å². The van der Waals surface area contributed by atoms with Gasteiger partial charge >= 0.3 is 12.0 Å². The van der Waals surface area contributed by atoms with E-state index >= 15 is 0 Å². The zero-order chi connectivity index (χ0) is 21.0. The lowest BCUT2D eigenvalue weighted by Gasteiger charge is -2.31. The van der Waals surface area contributed by atoms with Crippen molar-refractivity contribution < 1.29 is 19.1 Å². The number of primary amides is 1. The quantitative estimate of drug-likeness (QED) is 0.783. The minimum atomic E-state index is -0.547. The van der Waals surface area contributed by atoms with Gasteiger partial charge in [0.15, 0.2) is 0 Å². The van der Waals surface area contributed by atoms with Crippen LogP contribution >= 0.6 is 0 Å². The summed E-state index contributed by atoms with van der Waals surface area (Å²) in [6.07, 6.45) is 2.80. The van der Waals surface area contributed by atoms with Crippen LogP contribution in [0.4, 0.5) is 16.2 Å². The van der Waals surface area contributed by atoms with Crippen molar-refractivity contribution >= 4 is 23.4 Å². The number of fused-ring (bicyclic) bond motifs is 3. The number of benzene rings is 2. The molecule has 2 N–H and O–H groups in total. The Morgan fingerprint density at radius 2 is 1.90 bits per heavy atom. The number of carbonyl (C=O) groups is 2.